The highest BCUT2D eigenvalue weighted by Crippen LogP contribution is 2.17. The van der Waals surface area contributed by atoms with Crippen LogP contribution >= 0.6 is 11.3 Å². The molecule has 0 aliphatic heterocycles. The van der Waals surface area contributed by atoms with E-state index in [9.17, 15) is 4.79 Å². The van der Waals surface area contributed by atoms with Crippen LogP contribution in [0.1, 0.15) is 48.4 Å². The van der Waals surface area contributed by atoms with E-state index in [0.717, 1.165) is 28.6 Å². The second-order valence-corrected chi connectivity index (χ2v) is 7.99. The topological polar surface area (TPSA) is 37.6 Å². The summed E-state index contributed by atoms with van der Waals surface area (Å²) in [6.07, 6.45) is 1.85. The molecule has 0 atom stereocenters. The Morgan fingerprint density at radius 2 is 1.92 bits per heavy atom. The number of nitrogens with zero attached hydrogens (tertiary/aromatic N) is 3. The molecule has 0 N–H and O–H groups in total. The molecule has 0 fully saturated rings. The standard InChI is InChI=1S/C20H25N3OS/c1-5-22(12-16-6-8-17(9-7-16)14(2)3)13-18-10-19(24)23-11-15(4)25-20(23)21-18/h6-11,14H,5,12-13H2,1-4H3. The lowest BCUT2D eigenvalue weighted by Gasteiger charge is -2.20. The van der Waals surface area contributed by atoms with Crippen molar-refractivity contribution in [3.8, 4) is 0 Å². The quantitative estimate of drug-likeness (QED) is 0.665. The minimum atomic E-state index is 0.00156. The number of hydrogen-bond acceptors (Lipinski definition) is 4. The summed E-state index contributed by atoms with van der Waals surface area (Å²) in [7, 11) is 0. The zero-order valence-electron chi connectivity index (χ0n) is 15.3. The third-order valence-electron chi connectivity index (χ3n) is 4.42. The fourth-order valence-electron chi connectivity index (χ4n) is 2.91. The van der Waals surface area contributed by atoms with Gasteiger partial charge in [0, 0.05) is 30.2 Å². The molecule has 2 aromatic heterocycles. The van der Waals surface area contributed by atoms with E-state index in [4.69, 9.17) is 0 Å². The van der Waals surface area contributed by atoms with Crippen LogP contribution in [0.25, 0.3) is 4.96 Å². The smallest absolute Gasteiger partial charge is 0.258 e. The van der Waals surface area contributed by atoms with Crippen LogP contribution in [-0.2, 0) is 13.1 Å². The SMILES string of the molecule is CCN(Cc1ccc(C(C)C)cc1)Cc1cc(=O)n2cc(C)sc2n1. The van der Waals surface area contributed by atoms with Gasteiger partial charge in [-0.3, -0.25) is 14.1 Å². The molecule has 5 heteroatoms. The molecule has 0 bridgehead atoms. The van der Waals surface area contributed by atoms with E-state index < -0.39 is 0 Å². The van der Waals surface area contributed by atoms with Gasteiger partial charge in [0.2, 0.25) is 0 Å². The fourth-order valence-corrected chi connectivity index (χ4v) is 3.76. The van der Waals surface area contributed by atoms with E-state index in [1.165, 1.54) is 11.1 Å². The van der Waals surface area contributed by atoms with Crippen molar-refractivity contribution in [2.45, 2.75) is 46.7 Å². The van der Waals surface area contributed by atoms with E-state index in [2.05, 4.69) is 54.9 Å². The van der Waals surface area contributed by atoms with Crippen molar-refractivity contribution in [1.82, 2.24) is 14.3 Å². The van der Waals surface area contributed by atoms with Gasteiger partial charge in [0.1, 0.15) is 0 Å². The molecule has 0 saturated carbocycles. The minimum absolute atomic E-state index is 0.00156. The molecular formula is C20H25N3OS. The average Bonchev–Trinajstić information content (AvgIpc) is 2.95. The zero-order valence-corrected chi connectivity index (χ0v) is 16.1. The largest absolute Gasteiger partial charge is 0.294 e. The van der Waals surface area contributed by atoms with Gasteiger partial charge in [-0.1, -0.05) is 45.0 Å². The third-order valence-corrected chi connectivity index (χ3v) is 5.32. The molecule has 0 aliphatic rings. The maximum atomic E-state index is 12.3. The number of rotatable bonds is 6. The summed E-state index contributed by atoms with van der Waals surface area (Å²) in [5.74, 6) is 0.550. The van der Waals surface area contributed by atoms with Gasteiger partial charge in [-0.2, -0.15) is 0 Å². The maximum absolute atomic E-state index is 12.3. The Kier molecular flexibility index (Phi) is 5.35. The lowest BCUT2D eigenvalue weighted by atomic mass is 10.0. The summed E-state index contributed by atoms with van der Waals surface area (Å²) in [5, 5.41) is 0. The second-order valence-electron chi connectivity index (χ2n) is 6.78. The van der Waals surface area contributed by atoms with Gasteiger partial charge in [-0.25, -0.2) is 4.98 Å². The molecule has 25 heavy (non-hydrogen) atoms. The predicted octanol–water partition coefficient (Wildman–Crippen LogP) is 4.21. The van der Waals surface area contributed by atoms with Gasteiger partial charge in [0.05, 0.1) is 5.69 Å². The van der Waals surface area contributed by atoms with Crippen molar-refractivity contribution in [2.75, 3.05) is 6.54 Å². The van der Waals surface area contributed by atoms with Crippen molar-refractivity contribution in [3.63, 3.8) is 0 Å². The normalized spacial score (nSPS) is 11.8. The van der Waals surface area contributed by atoms with Gasteiger partial charge >= 0.3 is 0 Å². The summed E-state index contributed by atoms with van der Waals surface area (Å²) < 4.78 is 1.63. The number of fused-ring (bicyclic) bond motifs is 1. The Morgan fingerprint density at radius 3 is 2.56 bits per heavy atom. The molecule has 1 aromatic carbocycles. The first kappa shape index (κ1) is 17.8. The van der Waals surface area contributed by atoms with Gasteiger partial charge in [-0.05, 0) is 30.5 Å². The number of aromatic nitrogens is 2. The lowest BCUT2D eigenvalue weighted by molar-refractivity contribution is 0.268. The molecule has 3 rings (SSSR count). The van der Waals surface area contributed by atoms with E-state index in [0.29, 0.717) is 12.5 Å². The molecule has 0 aliphatic carbocycles. The first-order chi connectivity index (χ1) is 12.0. The van der Waals surface area contributed by atoms with Gasteiger partial charge in [0.25, 0.3) is 5.56 Å². The van der Waals surface area contributed by atoms with Gasteiger partial charge < -0.3 is 0 Å². The van der Waals surface area contributed by atoms with Crippen molar-refractivity contribution < 1.29 is 0 Å². The number of hydrogen-bond donors (Lipinski definition) is 0. The first-order valence-corrected chi connectivity index (χ1v) is 9.58. The van der Waals surface area contributed by atoms with Crippen LogP contribution in [0.5, 0.6) is 0 Å². The summed E-state index contributed by atoms with van der Waals surface area (Å²) in [5.41, 5.74) is 3.49. The number of aryl methyl sites for hydroxylation is 1. The highest BCUT2D eigenvalue weighted by molar-refractivity contribution is 7.16. The van der Waals surface area contributed by atoms with E-state index >= 15 is 0 Å². The van der Waals surface area contributed by atoms with Crippen molar-refractivity contribution >= 4 is 16.3 Å². The Labute approximate surface area is 152 Å². The monoisotopic (exact) mass is 355 g/mol. The zero-order chi connectivity index (χ0) is 18.0. The van der Waals surface area contributed by atoms with Gasteiger partial charge in [-0.15, -0.1) is 11.3 Å². The average molecular weight is 356 g/mol. The van der Waals surface area contributed by atoms with Crippen molar-refractivity contribution in [2.24, 2.45) is 0 Å². The van der Waals surface area contributed by atoms with Crippen molar-refractivity contribution in [1.29, 1.82) is 0 Å². The Morgan fingerprint density at radius 1 is 1.20 bits per heavy atom. The van der Waals surface area contributed by atoms with Crippen LogP contribution < -0.4 is 5.56 Å². The lowest BCUT2D eigenvalue weighted by Crippen LogP contribution is -2.24. The highest BCUT2D eigenvalue weighted by atomic mass is 32.1. The van der Waals surface area contributed by atoms with E-state index in [-0.39, 0.29) is 5.56 Å². The fraction of sp³-hybridized carbons (Fsp3) is 0.400. The van der Waals surface area contributed by atoms with Crippen LogP contribution in [0.3, 0.4) is 0 Å². The molecule has 2 heterocycles. The van der Waals surface area contributed by atoms with Crippen molar-refractivity contribution in [3.05, 3.63) is 68.6 Å². The first-order valence-electron chi connectivity index (χ1n) is 8.76. The van der Waals surface area contributed by atoms with Crippen LogP contribution in [0, 0.1) is 6.92 Å². The third kappa shape index (κ3) is 4.17. The molecule has 0 spiro atoms. The van der Waals surface area contributed by atoms with Gasteiger partial charge in [0.15, 0.2) is 4.96 Å². The maximum Gasteiger partial charge on any atom is 0.258 e. The molecule has 0 saturated heterocycles. The van der Waals surface area contributed by atoms with E-state index in [1.807, 2.05) is 13.1 Å². The van der Waals surface area contributed by atoms with E-state index in [1.54, 1.807) is 21.8 Å². The Hall–Kier alpha value is -1.98. The molecular weight excluding hydrogens is 330 g/mol. The van der Waals surface area contributed by atoms with Crippen LogP contribution in [0.4, 0.5) is 0 Å². The minimum Gasteiger partial charge on any atom is -0.294 e. The number of benzene rings is 1. The molecule has 0 radical (unpaired) electrons. The number of thiazole rings is 1. The molecule has 4 nitrogen and oxygen atoms in total. The second kappa shape index (κ2) is 7.50. The summed E-state index contributed by atoms with van der Waals surface area (Å²) in [6.45, 7) is 11.0. The Balaban J connectivity index is 1.76. The summed E-state index contributed by atoms with van der Waals surface area (Å²) in [6, 6.07) is 10.5. The predicted molar refractivity (Wildman–Crippen MR) is 104 cm³/mol. The molecule has 3 aromatic rings. The summed E-state index contributed by atoms with van der Waals surface area (Å²) in [4.78, 5) is 21.1. The summed E-state index contributed by atoms with van der Waals surface area (Å²) >= 11 is 1.56. The molecule has 0 unspecified atom stereocenters. The molecule has 132 valence electrons. The van der Waals surface area contributed by atoms with Crippen LogP contribution in [0.15, 0.2) is 41.3 Å². The molecule has 0 amide bonds. The van der Waals surface area contributed by atoms with Crippen LogP contribution in [-0.4, -0.2) is 20.8 Å². The Bertz CT molecular complexity index is 909. The highest BCUT2D eigenvalue weighted by Gasteiger charge is 2.10. The van der Waals surface area contributed by atoms with Crippen LogP contribution in [0.2, 0.25) is 0 Å².